The molecule has 3 rings (SSSR count). The minimum absolute atomic E-state index is 0.0245. The van der Waals surface area contributed by atoms with Gasteiger partial charge >= 0.3 is 5.97 Å². The summed E-state index contributed by atoms with van der Waals surface area (Å²) in [4.78, 5) is 34.2. The first-order valence-corrected chi connectivity index (χ1v) is 7.56. The number of hydrogen-bond donors (Lipinski definition) is 0. The Morgan fingerprint density at radius 3 is 2.54 bits per heavy atom. The molecule has 0 saturated heterocycles. The number of fused-ring (bicyclic) bond motifs is 1. The van der Waals surface area contributed by atoms with E-state index < -0.39 is 17.5 Å². The minimum atomic E-state index is -0.791. The Hall–Kier alpha value is -3.68. The van der Waals surface area contributed by atoms with Crippen LogP contribution in [-0.2, 0) is 9.53 Å². The molecule has 0 aromatic heterocycles. The van der Waals surface area contributed by atoms with Gasteiger partial charge in [-0.3, -0.25) is 14.9 Å². The molecule has 2 aromatic carbocycles. The van der Waals surface area contributed by atoms with Crippen LogP contribution in [0.15, 0.2) is 48.5 Å². The molecule has 0 N–H and O–H groups in total. The molecule has 1 aliphatic heterocycles. The third kappa shape index (κ3) is 3.86. The second kappa shape index (κ2) is 7.47. The number of nitro benzene ring substituents is 1. The lowest BCUT2D eigenvalue weighted by Gasteiger charge is -2.02. The maximum absolute atomic E-state index is 11.9. The van der Waals surface area contributed by atoms with Crippen LogP contribution in [-0.4, -0.2) is 30.1 Å². The molecule has 0 amide bonds. The second-order valence-electron chi connectivity index (χ2n) is 5.25. The highest BCUT2D eigenvalue weighted by Crippen LogP contribution is 2.38. The standard InChI is InChI=1S/C18H13NO7/c20-15(12-4-2-1-3-5-12)10-24-18(21)7-6-13-8-16-17(26-11-25-16)9-14(13)19(22)23/h1-9H,10-11H2/b7-6+. The highest BCUT2D eigenvalue weighted by Gasteiger charge is 2.22. The van der Waals surface area contributed by atoms with E-state index in [1.807, 2.05) is 0 Å². The molecule has 26 heavy (non-hydrogen) atoms. The van der Waals surface area contributed by atoms with Gasteiger partial charge in [0.2, 0.25) is 6.79 Å². The number of esters is 1. The van der Waals surface area contributed by atoms with E-state index in [0.29, 0.717) is 11.3 Å². The first kappa shape index (κ1) is 17.2. The SMILES string of the molecule is O=C(/C=C/c1cc2c(cc1[N+](=O)[O-])OCO2)OCC(=O)c1ccccc1. The van der Waals surface area contributed by atoms with Gasteiger partial charge in [0.15, 0.2) is 23.9 Å². The maximum atomic E-state index is 11.9. The number of nitrogens with zero attached hydrogens (tertiary/aromatic N) is 1. The summed E-state index contributed by atoms with van der Waals surface area (Å²) in [5.74, 6) is -0.518. The number of hydrogen-bond acceptors (Lipinski definition) is 7. The van der Waals surface area contributed by atoms with Crippen LogP contribution in [0.1, 0.15) is 15.9 Å². The molecule has 0 radical (unpaired) electrons. The maximum Gasteiger partial charge on any atom is 0.331 e. The number of ketones is 1. The van der Waals surface area contributed by atoms with E-state index >= 15 is 0 Å². The summed E-state index contributed by atoms with van der Waals surface area (Å²) in [6.07, 6.45) is 2.25. The van der Waals surface area contributed by atoms with E-state index in [2.05, 4.69) is 0 Å². The normalized spacial score (nSPS) is 12.2. The molecule has 1 aliphatic rings. The molecule has 0 aliphatic carbocycles. The van der Waals surface area contributed by atoms with Gasteiger partial charge in [-0.05, 0) is 12.1 Å². The van der Waals surface area contributed by atoms with Crippen LogP contribution in [0.25, 0.3) is 6.08 Å². The van der Waals surface area contributed by atoms with Gasteiger partial charge in [-0.15, -0.1) is 0 Å². The number of benzene rings is 2. The van der Waals surface area contributed by atoms with Crippen molar-refractivity contribution < 1.29 is 28.7 Å². The lowest BCUT2D eigenvalue weighted by Crippen LogP contribution is -2.12. The fourth-order valence-electron chi connectivity index (χ4n) is 2.29. The van der Waals surface area contributed by atoms with Gasteiger partial charge in [-0.2, -0.15) is 0 Å². The van der Waals surface area contributed by atoms with Crippen LogP contribution in [0.4, 0.5) is 5.69 Å². The highest BCUT2D eigenvalue weighted by atomic mass is 16.7. The molecule has 8 heteroatoms. The first-order valence-electron chi connectivity index (χ1n) is 7.56. The van der Waals surface area contributed by atoms with Crippen LogP contribution in [0.2, 0.25) is 0 Å². The first-order chi connectivity index (χ1) is 12.5. The predicted molar refractivity (Wildman–Crippen MR) is 90.0 cm³/mol. The lowest BCUT2D eigenvalue weighted by atomic mass is 10.1. The van der Waals surface area contributed by atoms with Crippen molar-refractivity contribution in [1.29, 1.82) is 0 Å². The molecule has 0 fully saturated rings. The van der Waals surface area contributed by atoms with Gasteiger partial charge in [-0.25, -0.2) is 4.79 Å². The Labute approximate surface area is 147 Å². The molecule has 8 nitrogen and oxygen atoms in total. The van der Waals surface area contributed by atoms with Crippen molar-refractivity contribution in [2.45, 2.75) is 0 Å². The van der Waals surface area contributed by atoms with Crippen LogP contribution < -0.4 is 9.47 Å². The molecule has 0 bridgehead atoms. The topological polar surface area (TPSA) is 105 Å². The zero-order valence-corrected chi connectivity index (χ0v) is 13.4. The fourth-order valence-corrected chi connectivity index (χ4v) is 2.29. The van der Waals surface area contributed by atoms with Crippen LogP contribution in [0.3, 0.4) is 0 Å². The van der Waals surface area contributed by atoms with Gasteiger partial charge in [0.05, 0.1) is 16.6 Å². The van der Waals surface area contributed by atoms with Crippen molar-refractivity contribution in [3.05, 3.63) is 69.8 Å². The van der Waals surface area contributed by atoms with Gasteiger partial charge in [-0.1, -0.05) is 30.3 Å². The monoisotopic (exact) mass is 355 g/mol. The average Bonchev–Trinajstić information content (AvgIpc) is 3.11. The Morgan fingerprint density at radius 2 is 1.85 bits per heavy atom. The Morgan fingerprint density at radius 1 is 1.15 bits per heavy atom. The van der Waals surface area contributed by atoms with E-state index in [0.717, 1.165) is 6.08 Å². The molecule has 0 saturated carbocycles. The molecule has 0 atom stereocenters. The number of nitro groups is 1. The molecular formula is C18H13NO7. The second-order valence-corrected chi connectivity index (χ2v) is 5.25. The third-order valence-corrected chi connectivity index (χ3v) is 3.56. The minimum Gasteiger partial charge on any atom is -0.454 e. The number of carbonyl (C=O) groups excluding carboxylic acids is 2. The van der Waals surface area contributed by atoms with E-state index in [1.165, 1.54) is 18.2 Å². The van der Waals surface area contributed by atoms with Crippen molar-refractivity contribution in [2.75, 3.05) is 13.4 Å². The van der Waals surface area contributed by atoms with E-state index in [-0.39, 0.29) is 29.6 Å². The highest BCUT2D eigenvalue weighted by molar-refractivity contribution is 5.98. The summed E-state index contributed by atoms with van der Waals surface area (Å²) >= 11 is 0. The lowest BCUT2D eigenvalue weighted by molar-refractivity contribution is -0.385. The van der Waals surface area contributed by atoms with Crippen molar-refractivity contribution >= 4 is 23.5 Å². The van der Waals surface area contributed by atoms with Crippen molar-refractivity contribution in [3.63, 3.8) is 0 Å². The fraction of sp³-hybridized carbons (Fsp3) is 0.111. The third-order valence-electron chi connectivity index (χ3n) is 3.56. The van der Waals surface area contributed by atoms with Gasteiger partial charge < -0.3 is 14.2 Å². The molecule has 0 unspecified atom stereocenters. The van der Waals surface area contributed by atoms with Crippen molar-refractivity contribution in [3.8, 4) is 11.5 Å². The Balaban J connectivity index is 1.67. The Bertz CT molecular complexity index is 890. The van der Waals surface area contributed by atoms with Crippen LogP contribution in [0.5, 0.6) is 11.5 Å². The number of ether oxygens (including phenoxy) is 3. The molecular weight excluding hydrogens is 342 g/mol. The quantitative estimate of drug-likeness (QED) is 0.258. The summed E-state index contributed by atoms with van der Waals surface area (Å²) in [5, 5.41) is 11.2. The number of rotatable bonds is 6. The van der Waals surface area contributed by atoms with Crippen molar-refractivity contribution in [1.82, 2.24) is 0 Å². The molecule has 2 aromatic rings. The summed E-state index contributed by atoms with van der Waals surface area (Å²) in [6, 6.07) is 11.0. The van der Waals surface area contributed by atoms with Crippen LogP contribution in [0, 0.1) is 10.1 Å². The van der Waals surface area contributed by atoms with Gasteiger partial charge in [0, 0.05) is 11.6 Å². The van der Waals surface area contributed by atoms with E-state index in [1.54, 1.807) is 30.3 Å². The Kier molecular flexibility index (Phi) is 4.93. The molecule has 132 valence electrons. The molecule has 0 spiro atoms. The van der Waals surface area contributed by atoms with Gasteiger partial charge in [0.25, 0.3) is 5.69 Å². The summed E-state index contributed by atoms with van der Waals surface area (Å²) in [6.45, 7) is -0.445. The zero-order valence-electron chi connectivity index (χ0n) is 13.4. The van der Waals surface area contributed by atoms with E-state index in [4.69, 9.17) is 14.2 Å². The molecule has 1 heterocycles. The summed E-state index contributed by atoms with van der Waals surface area (Å²) < 4.78 is 15.1. The van der Waals surface area contributed by atoms with Crippen molar-refractivity contribution in [2.24, 2.45) is 0 Å². The smallest absolute Gasteiger partial charge is 0.331 e. The average molecular weight is 355 g/mol. The predicted octanol–water partition coefficient (Wildman–Crippen LogP) is 2.76. The largest absolute Gasteiger partial charge is 0.454 e. The van der Waals surface area contributed by atoms with Crippen LogP contribution >= 0.6 is 0 Å². The van der Waals surface area contributed by atoms with Gasteiger partial charge in [0.1, 0.15) is 0 Å². The number of carbonyl (C=O) groups is 2. The zero-order chi connectivity index (χ0) is 18.5. The van der Waals surface area contributed by atoms with E-state index in [9.17, 15) is 19.7 Å². The summed E-state index contributed by atoms with van der Waals surface area (Å²) in [5.41, 5.74) is 0.347. The number of Topliss-reactive ketones (excluding diaryl/α,β-unsaturated/α-hetero) is 1. The summed E-state index contributed by atoms with van der Waals surface area (Å²) in [7, 11) is 0.